The van der Waals surface area contributed by atoms with Gasteiger partial charge in [-0.25, -0.2) is 8.42 Å². The lowest BCUT2D eigenvalue weighted by molar-refractivity contribution is 0.596. The third-order valence-electron chi connectivity index (χ3n) is 2.28. The first-order chi connectivity index (χ1) is 6.68. The Bertz CT molecular complexity index is 395. The van der Waals surface area contributed by atoms with E-state index < -0.39 is 9.84 Å². The Morgan fingerprint density at radius 2 is 1.86 bits per heavy atom. The molecule has 1 N–H and O–H groups in total. The maximum Gasteiger partial charge on any atom is 0.170 e. The average molecular weight is 211 g/mol. The number of anilines is 1. The van der Waals surface area contributed by atoms with Crippen LogP contribution in [0.15, 0.2) is 30.3 Å². The summed E-state index contributed by atoms with van der Waals surface area (Å²) in [6, 6.07) is 9.39. The van der Waals surface area contributed by atoms with Gasteiger partial charge in [0.15, 0.2) is 9.84 Å². The number of hydrogen-bond acceptors (Lipinski definition) is 3. The number of rotatable bonds is 4. The molecule has 0 aliphatic heterocycles. The summed E-state index contributed by atoms with van der Waals surface area (Å²) in [5.41, 5.74) is 0.858. The molecule has 0 amide bonds. The summed E-state index contributed by atoms with van der Waals surface area (Å²) < 4.78 is 23.0. The maximum absolute atomic E-state index is 11.5. The van der Waals surface area contributed by atoms with E-state index in [1.54, 1.807) is 0 Å². The van der Waals surface area contributed by atoms with Crippen LogP contribution in [0.4, 0.5) is 5.69 Å². The van der Waals surface area contributed by atoms with Crippen LogP contribution in [-0.4, -0.2) is 19.5 Å². The van der Waals surface area contributed by atoms with Crippen LogP contribution in [0.25, 0.3) is 0 Å². The van der Waals surface area contributed by atoms with E-state index in [9.17, 15) is 8.42 Å². The fraction of sp³-hybridized carbons (Fsp3) is 0.400. The molecule has 4 heteroatoms. The molecule has 0 atom stereocenters. The molecule has 3 nitrogen and oxygen atoms in total. The highest BCUT2D eigenvalue weighted by atomic mass is 32.2. The summed E-state index contributed by atoms with van der Waals surface area (Å²) in [7, 11) is -2.90. The molecular formula is C10H13NO2S. The van der Waals surface area contributed by atoms with Crippen molar-refractivity contribution in [2.24, 2.45) is 0 Å². The van der Waals surface area contributed by atoms with Crippen molar-refractivity contribution in [3.05, 3.63) is 30.3 Å². The van der Waals surface area contributed by atoms with Gasteiger partial charge in [0.1, 0.15) is 5.88 Å². The summed E-state index contributed by atoms with van der Waals surface area (Å²) in [5, 5.41) is 2.83. The standard InChI is InChI=1S/C10H13NO2S/c12-14(13,10-6-7-10)8-11-9-4-2-1-3-5-9/h1-5,10-11H,6-8H2. The summed E-state index contributed by atoms with van der Waals surface area (Å²) >= 11 is 0. The van der Waals surface area contributed by atoms with Crippen molar-refractivity contribution in [1.82, 2.24) is 0 Å². The minimum Gasteiger partial charge on any atom is -0.372 e. The normalized spacial score (nSPS) is 16.6. The molecule has 76 valence electrons. The number of sulfone groups is 1. The van der Waals surface area contributed by atoms with Crippen LogP contribution in [0.2, 0.25) is 0 Å². The minimum absolute atomic E-state index is 0.0572. The Kier molecular flexibility index (Phi) is 2.46. The third-order valence-corrected chi connectivity index (χ3v) is 4.32. The van der Waals surface area contributed by atoms with Crippen LogP contribution >= 0.6 is 0 Å². The molecule has 1 aromatic rings. The molecule has 1 saturated carbocycles. The molecule has 0 radical (unpaired) electrons. The summed E-state index contributed by atoms with van der Waals surface area (Å²) in [5.74, 6) is 0.0572. The van der Waals surface area contributed by atoms with Crippen molar-refractivity contribution in [2.45, 2.75) is 18.1 Å². The minimum atomic E-state index is -2.90. The molecule has 1 aliphatic rings. The van der Waals surface area contributed by atoms with Crippen molar-refractivity contribution in [3.63, 3.8) is 0 Å². The molecule has 0 saturated heterocycles. The third kappa shape index (κ3) is 2.26. The van der Waals surface area contributed by atoms with Gasteiger partial charge in [0, 0.05) is 5.69 Å². The molecule has 0 bridgehead atoms. The first-order valence-electron chi connectivity index (χ1n) is 4.69. The highest BCUT2D eigenvalue weighted by molar-refractivity contribution is 7.92. The van der Waals surface area contributed by atoms with Crippen molar-refractivity contribution >= 4 is 15.5 Å². The van der Waals surface area contributed by atoms with E-state index in [0.717, 1.165) is 18.5 Å². The van der Waals surface area contributed by atoms with Crippen LogP contribution in [0.3, 0.4) is 0 Å². The van der Waals surface area contributed by atoms with Crippen molar-refractivity contribution < 1.29 is 8.42 Å². The summed E-state index contributed by atoms with van der Waals surface area (Å²) in [6.07, 6.45) is 1.66. The van der Waals surface area contributed by atoms with Crippen molar-refractivity contribution in [3.8, 4) is 0 Å². The smallest absolute Gasteiger partial charge is 0.170 e. The van der Waals surface area contributed by atoms with Gasteiger partial charge in [-0.15, -0.1) is 0 Å². The Balaban J connectivity index is 1.94. The first kappa shape index (κ1) is 9.52. The second-order valence-corrected chi connectivity index (χ2v) is 5.83. The van der Waals surface area contributed by atoms with Gasteiger partial charge in [0.2, 0.25) is 0 Å². The van der Waals surface area contributed by atoms with Gasteiger partial charge in [0.25, 0.3) is 0 Å². The van der Waals surface area contributed by atoms with Crippen molar-refractivity contribution in [1.29, 1.82) is 0 Å². The molecule has 14 heavy (non-hydrogen) atoms. The number of hydrogen-bond donors (Lipinski definition) is 1. The zero-order chi connectivity index (χ0) is 10.0. The van der Waals surface area contributed by atoms with Gasteiger partial charge in [0.05, 0.1) is 5.25 Å². The van der Waals surface area contributed by atoms with Crippen LogP contribution in [0.1, 0.15) is 12.8 Å². The lowest BCUT2D eigenvalue weighted by Gasteiger charge is -2.05. The van der Waals surface area contributed by atoms with Crippen LogP contribution in [0.5, 0.6) is 0 Å². The SMILES string of the molecule is O=S(=O)(CNc1ccccc1)C1CC1. The molecule has 0 unspecified atom stereocenters. The second-order valence-electron chi connectivity index (χ2n) is 3.55. The van der Waals surface area contributed by atoms with Crippen molar-refractivity contribution in [2.75, 3.05) is 11.2 Å². The molecule has 0 spiro atoms. The van der Waals surface area contributed by atoms with Gasteiger partial charge in [-0.2, -0.15) is 0 Å². The average Bonchev–Trinajstić information content (AvgIpc) is 3.00. The Hall–Kier alpha value is -1.03. The van der Waals surface area contributed by atoms with E-state index in [2.05, 4.69) is 5.32 Å². The predicted octanol–water partition coefficient (Wildman–Crippen LogP) is 1.63. The largest absolute Gasteiger partial charge is 0.372 e. The molecule has 1 aromatic carbocycles. The van der Waals surface area contributed by atoms with Crippen LogP contribution < -0.4 is 5.32 Å². The highest BCUT2D eigenvalue weighted by Crippen LogP contribution is 2.28. The van der Waals surface area contributed by atoms with E-state index in [-0.39, 0.29) is 11.1 Å². The fourth-order valence-electron chi connectivity index (χ4n) is 1.28. The van der Waals surface area contributed by atoms with E-state index in [1.165, 1.54) is 0 Å². The Labute approximate surface area is 84.1 Å². The van der Waals surface area contributed by atoms with E-state index in [4.69, 9.17) is 0 Å². The molecular weight excluding hydrogens is 198 g/mol. The van der Waals surface area contributed by atoms with Crippen LogP contribution in [0, 0.1) is 0 Å². The lowest BCUT2D eigenvalue weighted by atomic mass is 10.3. The Morgan fingerprint density at radius 1 is 1.21 bits per heavy atom. The maximum atomic E-state index is 11.5. The van der Waals surface area contributed by atoms with Gasteiger partial charge in [-0.3, -0.25) is 0 Å². The monoisotopic (exact) mass is 211 g/mol. The highest BCUT2D eigenvalue weighted by Gasteiger charge is 2.35. The number of para-hydroxylation sites is 1. The van der Waals surface area contributed by atoms with E-state index in [1.807, 2.05) is 30.3 Å². The van der Waals surface area contributed by atoms with Gasteiger partial charge < -0.3 is 5.32 Å². The van der Waals surface area contributed by atoms with Gasteiger partial charge in [-0.1, -0.05) is 18.2 Å². The molecule has 0 heterocycles. The predicted molar refractivity (Wildman–Crippen MR) is 56.9 cm³/mol. The fourth-order valence-corrected chi connectivity index (χ4v) is 2.74. The van der Waals surface area contributed by atoms with Gasteiger partial charge in [-0.05, 0) is 25.0 Å². The first-order valence-corrected chi connectivity index (χ1v) is 6.40. The van der Waals surface area contributed by atoms with Crippen LogP contribution in [-0.2, 0) is 9.84 Å². The molecule has 1 aliphatic carbocycles. The topological polar surface area (TPSA) is 46.2 Å². The summed E-state index contributed by atoms with van der Waals surface area (Å²) in [4.78, 5) is 0. The van der Waals surface area contributed by atoms with E-state index in [0.29, 0.717) is 0 Å². The second kappa shape index (κ2) is 3.61. The lowest BCUT2D eigenvalue weighted by Crippen LogP contribution is -2.18. The van der Waals surface area contributed by atoms with Gasteiger partial charge >= 0.3 is 0 Å². The molecule has 2 rings (SSSR count). The quantitative estimate of drug-likeness (QED) is 0.823. The zero-order valence-electron chi connectivity index (χ0n) is 7.81. The van der Waals surface area contributed by atoms with E-state index >= 15 is 0 Å². The number of benzene rings is 1. The summed E-state index contributed by atoms with van der Waals surface area (Å²) in [6.45, 7) is 0. The number of nitrogens with one attached hydrogen (secondary N) is 1. The molecule has 0 aromatic heterocycles. The zero-order valence-corrected chi connectivity index (χ0v) is 8.63. The molecule has 1 fully saturated rings. The Morgan fingerprint density at radius 3 is 2.43 bits per heavy atom.